The lowest BCUT2D eigenvalue weighted by atomic mass is 9.98. The van der Waals surface area contributed by atoms with Gasteiger partial charge in [0.1, 0.15) is 0 Å². The summed E-state index contributed by atoms with van der Waals surface area (Å²) in [5.41, 5.74) is 9.54. The Labute approximate surface area is 100 Å². The molecule has 4 heteroatoms. The molecule has 0 bridgehead atoms. The van der Waals surface area contributed by atoms with Gasteiger partial charge in [-0.1, -0.05) is 17.3 Å². The summed E-state index contributed by atoms with van der Waals surface area (Å²) in [7, 11) is 0. The van der Waals surface area contributed by atoms with Gasteiger partial charge in [0.05, 0.1) is 12.7 Å². The first-order valence-electron chi connectivity index (χ1n) is 5.81. The molecule has 88 valence electrons. The summed E-state index contributed by atoms with van der Waals surface area (Å²) in [4.78, 5) is 2.33. The molecule has 4 nitrogen and oxygen atoms in total. The number of nitrogens with two attached hydrogens (primary N) is 1. The van der Waals surface area contributed by atoms with E-state index in [1.165, 1.54) is 11.1 Å². The Bertz CT molecular complexity index is 507. The molecule has 1 aliphatic heterocycles. The van der Waals surface area contributed by atoms with Gasteiger partial charge in [-0.15, -0.1) is 0 Å². The number of rotatable bonds is 2. The van der Waals surface area contributed by atoms with Crippen LogP contribution in [0.15, 0.2) is 35.0 Å². The molecule has 17 heavy (non-hydrogen) atoms. The molecule has 1 aliphatic rings. The summed E-state index contributed by atoms with van der Waals surface area (Å²) in [6.45, 7) is 2.73. The zero-order valence-corrected chi connectivity index (χ0v) is 9.60. The summed E-state index contributed by atoms with van der Waals surface area (Å²) in [5.74, 6) is 0.906. The number of hydrogen-bond donors (Lipinski definition) is 1. The summed E-state index contributed by atoms with van der Waals surface area (Å²) < 4.78 is 5.13. The Morgan fingerprint density at radius 2 is 2.29 bits per heavy atom. The van der Waals surface area contributed by atoms with Crippen LogP contribution in [0.2, 0.25) is 0 Å². The number of benzene rings is 1. The van der Waals surface area contributed by atoms with Crippen molar-refractivity contribution in [2.75, 3.05) is 12.3 Å². The molecule has 3 rings (SSSR count). The van der Waals surface area contributed by atoms with Crippen LogP contribution in [0.1, 0.15) is 16.9 Å². The molecule has 0 saturated carbocycles. The van der Waals surface area contributed by atoms with E-state index >= 15 is 0 Å². The van der Waals surface area contributed by atoms with Crippen LogP contribution >= 0.6 is 0 Å². The Morgan fingerprint density at radius 3 is 3.12 bits per heavy atom. The third kappa shape index (κ3) is 2.03. The van der Waals surface area contributed by atoms with Gasteiger partial charge in [-0.3, -0.25) is 4.90 Å². The molecule has 1 aromatic carbocycles. The van der Waals surface area contributed by atoms with E-state index in [-0.39, 0.29) is 0 Å². The fraction of sp³-hybridized carbons (Fsp3) is 0.308. The molecule has 0 spiro atoms. The lowest BCUT2D eigenvalue weighted by molar-refractivity contribution is 0.215. The van der Waals surface area contributed by atoms with Crippen molar-refractivity contribution in [1.29, 1.82) is 0 Å². The van der Waals surface area contributed by atoms with Gasteiger partial charge in [-0.2, -0.15) is 0 Å². The third-order valence-electron chi connectivity index (χ3n) is 3.26. The van der Waals surface area contributed by atoms with E-state index in [0.717, 1.165) is 37.5 Å². The molecule has 2 heterocycles. The van der Waals surface area contributed by atoms with Crippen LogP contribution in [0.3, 0.4) is 0 Å². The zero-order chi connectivity index (χ0) is 11.7. The Balaban J connectivity index is 1.78. The van der Waals surface area contributed by atoms with Gasteiger partial charge in [0, 0.05) is 24.8 Å². The van der Waals surface area contributed by atoms with E-state index in [0.29, 0.717) is 0 Å². The minimum atomic E-state index is 0.799. The topological polar surface area (TPSA) is 55.3 Å². The minimum Gasteiger partial charge on any atom is -0.398 e. The van der Waals surface area contributed by atoms with E-state index < -0.39 is 0 Å². The first kappa shape index (κ1) is 10.4. The molecule has 2 N–H and O–H groups in total. The molecule has 0 amide bonds. The zero-order valence-electron chi connectivity index (χ0n) is 9.60. The van der Waals surface area contributed by atoms with Crippen LogP contribution < -0.4 is 5.73 Å². The van der Waals surface area contributed by atoms with Crippen LogP contribution in [0.4, 0.5) is 5.69 Å². The average molecular weight is 229 g/mol. The monoisotopic (exact) mass is 229 g/mol. The first-order chi connectivity index (χ1) is 8.33. The predicted octanol–water partition coefficient (Wildman–Crippen LogP) is 1.82. The van der Waals surface area contributed by atoms with Gasteiger partial charge in [0.2, 0.25) is 0 Å². The summed E-state index contributed by atoms with van der Waals surface area (Å²) >= 11 is 0. The van der Waals surface area contributed by atoms with Crippen LogP contribution in [-0.4, -0.2) is 16.6 Å². The largest absolute Gasteiger partial charge is 0.398 e. The highest BCUT2D eigenvalue weighted by Crippen LogP contribution is 2.25. The maximum Gasteiger partial charge on any atom is 0.150 e. The molecule has 0 saturated heterocycles. The lowest BCUT2D eigenvalue weighted by Crippen LogP contribution is -2.30. The predicted molar refractivity (Wildman–Crippen MR) is 65.2 cm³/mol. The van der Waals surface area contributed by atoms with Gasteiger partial charge in [-0.05, 0) is 23.6 Å². The highest BCUT2D eigenvalue weighted by Gasteiger charge is 2.18. The second-order valence-electron chi connectivity index (χ2n) is 4.42. The highest BCUT2D eigenvalue weighted by molar-refractivity contribution is 5.51. The van der Waals surface area contributed by atoms with Crippen molar-refractivity contribution in [2.45, 2.75) is 19.5 Å². The van der Waals surface area contributed by atoms with Crippen molar-refractivity contribution in [3.8, 4) is 0 Å². The minimum absolute atomic E-state index is 0.799. The second kappa shape index (κ2) is 4.22. The Kier molecular flexibility index (Phi) is 2.57. The van der Waals surface area contributed by atoms with Crippen LogP contribution in [0.25, 0.3) is 0 Å². The van der Waals surface area contributed by atoms with E-state index in [1.54, 1.807) is 6.20 Å². The normalized spacial score (nSPS) is 15.8. The summed E-state index contributed by atoms with van der Waals surface area (Å²) in [5, 5.41) is 3.72. The molecule has 1 aromatic heterocycles. The molecule has 2 aromatic rings. The highest BCUT2D eigenvalue weighted by atomic mass is 16.5. The number of anilines is 1. The van der Waals surface area contributed by atoms with Crippen LogP contribution in [0, 0.1) is 0 Å². The molecular weight excluding hydrogens is 214 g/mol. The maximum atomic E-state index is 6.01. The quantitative estimate of drug-likeness (QED) is 0.798. The fourth-order valence-electron chi connectivity index (χ4n) is 2.34. The lowest BCUT2D eigenvalue weighted by Gasteiger charge is -2.28. The van der Waals surface area contributed by atoms with Crippen molar-refractivity contribution >= 4 is 5.69 Å². The third-order valence-corrected chi connectivity index (χ3v) is 3.26. The standard InChI is InChI=1S/C13H15N3O/c14-13-3-1-2-10-5-7-16(9-12(10)13)8-11-4-6-15-17-11/h1-4,6H,5,7-9,14H2. The van der Waals surface area contributed by atoms with Crippen molar-refractivity contribution in [1.82, 2.24) is 10.1 Å². The molecule has 0 unspecified atom stereocenters. The number of nitrogens with zero attached hydrogens (tertiary/aromatic N) is 2. The fourth-order valence-corrected chi connectivity index (χ4v) is 2.34. The number of hydrogen-bond acceptors (Lipinski definition) is 4. The summed E-state index contributed by atoms with van der Waals surface area (Å²) in [6.07, 6.45) is 2.73. The van der Waals surface area contributed by atoms with Gasteiger partial charge >= 0.3 is 0 Å². The van der Waals surface area contributed by atoms with Gasteiger partial charge in [-0.25, -0.2) is 0 Å². The first-order valence-corrected chi connectivity index (χ1v) is 5.81. The van der Waals surface area contributed by atoms with E-state index in [4.69, 9.17) is 10.3 Å². The van der Waals surface area contributed by atoms with E-state index in [2.05, 4.69) is 16.1 Å². The second-order valence-corrected chi connectivity index (χ2v) is 4.42. The van der Waals surface area contributed by atoms with E-state index in [1.807, 2.05) is 18.2 Å². The number of fused-ring (bicyclic) bond motifs is 1. The smallest absolute Gasteiger partial charge is 0.150 e. The van der Waals surface area contributed by atoms with Crippen molar-refractivity contribution in [3.05, 3.63) is 47.3 Å². The van der Waals surface area contributed by atoms with Gasteiger partial charge < -0.3 is 10.3 Å². The summed E-state index contributed by atoms with van der Waals surface area (Å²) in [6, 6.07) is 8.07. The van der Waals surface area contributed by atoms with Gasteiger partial charge in [0.25, 0.3) is 0 Å². The Morgan fingerprint density at radius 1 is 1.35 bits per heavy atom. The van der Waals surface area contributed by atoms with Crippen LogP contribution in [-0.2, 0) is 19.5 Å². The maximum absolute atomic E-state index is 6.01. The van der Waals surface area contributed by atoms with Crippen LogP contribution in [0.5, 0.6) is 0 Å². The molecule has 0 aliphatic carbocycles. The average Bonchev–Trinajstić information content (AvgIpc) is 2.83. The van der Waals surface area contributed by atoms with E-state index in [9.17, 15) is 0 Å². The van der Waals surface area contributed by atoms with Crippen molar-refractivity contribution in [2.24, 2.45) is 0 Å². The number of nitrogen functional groups attached to an aromatic ring is 1. The Hall–Kier alpha value is -1.81. The molecule has 0 atom stereocenters. The van der Waals surface area contributed by atoms with Gasteiger partial charge in [0.15, 0.2) is 5.76 Å². The number of aromatic nitrogens is 1. The van der Waals surface area contributed by atoms with Crippen molar-refractivity contribution in [3.63, 3.8) is 0 Å². The molecule has 0 fully saturated rings. The SMILES string of the molecule is Nc1cccc2c1CN(Cc1ccno1)CC2. The molecule has 0 radical (unpaired) electrons. The molecular formula is C13H15N3O. The van der Waals surface area contributed by atoms with Crippen molar-refractivity contribution < 1.29 is 4.52 Å².